The fourth-order valence-electron chi connectivity index (χ4n) is 3.71. The van der Waals surface area contributed by atoms with Crippen LogP contribution in [-0.4, -0.2) is 38.7 Å². The minimum Gasteiger partial charge on any atom is -0.368 e. The summed E-state index contributed by atoms with van der Waals surface area (Å²) in [7, 11) is -2.60. The van der Waals surface area contributed by atoms with Crippen LogP contribution in [-0.2, 0) is 19.6 Å². The van der Waals surface area contributed by atoms with E-state index < -0.39 is 33.7 Å². The summed E-state index contributed by atoms with van der Waals surface area (Å²) in [6, 6.07) is 17.5. The van der Waals surface area contributed by atoms with E-state index in [4.69, 9.17) is 5.73 Å². The molecule has 3 rings (SSSR count). The molecule has 0 aliphatic carbocycles. The van der Waals surface area contributed by atoms with Gasteiger partial charge < -0.3 is 10.6 Å². The first-order valence-corrected chi connectivity index (χ1v) is 12.4. The van der Waals surface area contributed by atoms with Crippen LogP contribution in [0.2, 0.25) is 0 Å². The molecule has 7 nitrogen and oxygen atoms in total. The van der Waals surface area contributed by atoms with Gasteiger partial charge in [-0.2, -0.15) is 0 Å². The number of primary amides is 1. The van der Waals surface area contributed by atoms with Gasteiger partial charge in [-0.05, 0) is 55.8 Å². The highest BCUT2D eigenvalue weighted by Crippen LogP contribution is 2.26. The van der Waals surface area contributed by atoms with Crippen molar-refractivity contribution >= 4 is 27.5 Å². The van der Waals surface area contributed by atoms with Crippen LogP contribution in [0.25, 0.3) is 0 Å². The third kappa shape index (κ3) is 6.05. The number of aryl methyl sites for hydroxylation is 2. The Morgan fingerprint density at radius 2 is 1.51 bits per heavy atom. The Bertz CT molecular complexity index is 1310. The average Bonchev–Trinajstić information content (AvgIpc) is 2.80. The van der Waals surface area contributed by atoms with Gasteiger partial charge in [-0.25, -0.2) is 12.8 Å². The molecule has 2 amide bonds. The molecule has 0 bridgehead atoms. The minimum atomic E-state index is -3.98. The van der Waals surface area contributed by atoms with Crippen LogP contribution in [0.5, 0.6) is 0 Å². The van der Waals surface area contributed by atoms with Gasteiger partial charge in [-0.15, -0.1) is 0 Å². The molecule has 184 valence electrons. The van der Waals surface area contributed by atoms with Gasteiger partial charge in [-0.1, -0.05) is 47.5 Å². The molecular weight excluding hydrogens is 469 g/mol. The molecule has 9 heteroatoms. The predicted octanol–water partition coefficient (Wildman–Crippen LogP) is 3.71. The number of hydrogen-bond acceptors (Lipinski definition) is 4. The first-order valence-electron chi connectivity index (χ1n) is 11.0. The van der Waals surface area contributed by atoms with E-state index in [1.165, 1.54) is 41.7 Å². The van der Waals surface area contributed by atoms with Crippen molar-refractivity contribution in [3.05, 3.63) is 95.3 Å². The second kappa shape index (κ2) is 10.7. The number of carbonyl (C=O) groups excluding carboxylic acids is 2. The number of rotatable bonds is 9. The number of amides is 2. The van der Waals surface area contributed by atoms with Crippen molar-refractivity contribution in [3.63, 3.8) is 0 Å². The quantitative estimate of drug-likeness (QED) is 0.487. The van der Waals surface area contributed by atoms with Crippen molar-refractivity contribution in [3.8, 4) is 0 Å². The maximum atomic E-state index is 13.7. The Labute approximate surface area is 205 Å². The summed E-state index contributed by atoms with van der Waals surface area (Å²) < 4.78 is 41.9. The summed E-state index contributed by atoms with van der Waals surface area (Å²) in [4.78, 5) is 26.4. The van der Waals surface area contributed by atoms with Gasteiger partial charge in [0.05, 0.1) is 10.6 Å². The van der Waals surface area contributed by atoms with Crippen LogP contribution in [0.15, 0.2) is 77.7 Å². The van der Waals surface area contributed by atoms with Crippen LogP contribution in [0.3, 0.4) is 0 Å². The van der Waals surface area contributed by atoms with E-state index in [9.17, 15) is 22.4 Å². The lowest BCUT2D eigenvalue weighted by Crippen LogP contribution is -2.41. The highest BCUT2D eigenvalue weighted by molar-refractivity contribution is 7.92. The largest absolute Gasteiger partial charge is 0.368 e. The fourth-order valence-corrected chi connectivity index (χ4v) is 5.17. The second-order valence-corrected chi connectivity index (χ2v) is 10.2. The lowest BCUT2D eigenvalue weighted by Gasteiger charge is -2.28. The van der Waals surface area contributed by atoms with Gasteiger partial charge in [0.1, 0.15) is 11.9 Å². The highest BCUT2D eigenvalue weighted by atomic mass is 32.2. The lowest BCUT2D eigenvalue weighted by molar-refractivity contribution is -0.137. The van der Waals surface area contributed by atoms with Gasteiger partial charge in [-0.3, -0.25) is 13.9 Å². The number of benzene rings is 3. The van der Waals surface area contributed by atoms with E-state index in [2.05, 4.69) is 0 Å². The van der Waals surface area contributed by atoms with Crippen molar-refractivity contribution < 1.29 is 22.4 Å². The molecule has 0 aliphatic rings. The van der Waals surface area contributed by atoms with Crippen molar-refractivity contribution in [2.45, 2.75) is 31.2 Å². The fraction of sp³-hybridized carbons (Fsp3) is 0.231. The van der Waals surface area contributed by atoms with Crippen molar-refractivity contribution in [2.75, 3.05) is 17.9 Å². The highest BCUT2D eigenvalue weighted by Gasteiger charge is 2.30. The monoisotopic (exact) mass is 497 g/mol. The van der Waals surface area contributed by atoms with Gasteiger partial charge in [0, 0.05) is 20.0 Å². The molecular formula is C26H28FN3O4S. The van der Waals surface area contributed by atoms with E-state index >= 15 is 0 Å². The third-order valence-electron chi connectivity index (χ3n) is 5.67. The molecule has 0 spiro atoms. The van der Waals surface area contributed by atoms with Crippen molar-refractivity contribution in [1.82, 2.24) is 4.90 Å². The van der Waals surface area contributed by atoms with Crippen LogP contribution >= 0.6 is 0 Å². The molecule has 35 heavy (non-hydrogen) atoms. The average molecular weight is 498 g/mol. The van der Waals surface area contributed by atoms with E-state index in [-0.39, 0.29) is 23.4 Å². The molecule has 3 aromatic rings. The molecule has 0 saturated heterocycles. The standard InChI is InChI=1S/C26H28FN3O4S/c1-18-7-11-22(12-8-18)30(35(33,34)23-13-9-19(2)10-14-23)16-15-24(31)29(3)25(26(28)32)20-5-4-6-21(27)17-20/h4-14,17,25H,15-16H2,1-3H3,(H2,28,32). The van der Waals surface area contributed by atoms with E-state index in [1.54, 1.807) is 36.4 Å². The Morgan fingerprint density at radius 1 is 0.943 bits per heavy atom. The van der Waals surface area contributed by atoms with Gasteiger partial charge in [0.25, 0.3) is 10.0 Å². The topological polar surface area (TPSA) is 101 Å². The summed E-state index contributed by atoms with van der Waals surface area (Å²) in [6.45, 7) is 3.57. The first-order chi connectivity index (χ1) is 16.5. The van der Waals surface area contributed by atoms with E-state index in [1.807, 2.05) is 13.8 Å². The molecule has 0 radical (unpaired) electrons. The Hall–Kier alpha value is -3.72. The van der Waals surface area contributed by atoms with Gasteiger partial charge in [0.2, 0.25) is 11.8 Å². The van der Waals surface area contributed by atoms with Crippen LogP contribution in [0.1, 0.15) is 29.2 Å². The SMILES string of the molecule is Cc1ccc(N(CCC(=O)N(C)C(C(N)=O)c2cccc(F)c2)S(=O)(=O)c2ccc(C)cc2)cc1. The molecule has 3 aromatic carbocycles. The predicted molar refractivity (Wildman–Crippen MR) is 133 cm³/mol. The minimum absolute atomic E-state index is 0.0965. The van der Waals surface area contributed by atoms with E-state index in [0.29, 0.717) is 5.69 Å². The molecule has 2 N–H and O–H groups in total. The molecule has 1 unspecified atom stereocenters. The molecule has 0 aromatic heterocycles. The summed E-state index contributed by atoms with van der Waals surface area (Å²) in [5.74, 6) is -1.91. The summed E-state index contributed by atoms with van der Waals surface area (Å²) in [6.07, 6.45) is -0.228. The number of halogens is 1. The zero-order valence-corrected chi connectivity index (χ0v) is 20.6. The molecule has 0 heterocycles. The maximum Gasteiger partial charge on any atom is 0.264 e. The van der Waals surface area contributed by atoms with Gasteiger partial charge in [0.15, 0.2) is 0 Å². The zero-order valence-electron chi connectivity index (χ0n) is 19.8. The normalized spacial score (nSPS) is 12.1. The number of anilines is 1. The summed E-state index contributed by atoms with van der Waals surface area (Å²) >= 11 is 0. The number of nitrogens with zero attached hydrogens (tertiary/aromatic N) is 2. The maximum absolute atomic E-state index is 13.7. The molecule has 0 fully saturated rings. The first kappa shape index (κ1) is 25.9. The van der Waals surface area contributed by atoms with Crippen molar-refractivity contribution in [1.29, 1.82) is 0 Å². The number of likely N-dealkylation sites (N-methyl/N-ethyl adjacent to an activating group) is 1. The third-order valence-corrected chi connectivity index (χ3v) is 7.52. The number of sulfonamides is 1. The number of hydrogen-bond donors (Lipinski definition) is 1. The van der Waals surface area contributed by atoms with Crippen molar-refractivity contribution in [2.24, 2.45) is 5.73 Å². The Kier molecular flexibility index (Phi) is 7.91. The lowest BCUT2D eigenvalue weighted by atomic mass is 10.0. The smallest absolute Gasteiger partial charge is 0.264 e. The molecule has 1 atom stereocenters. The Balaban J connectivity index is 1.89. The summed E-state index contributed by atoms with van der Waals surface area (Å²) in [5.41, 5.74) is 8.02. The van der Waals surface area contributed by atoms with E-state index in [0.717, 1.165) is 22.1 Å². The van der Waals surface area contributed by atoms with Crippen LogP contribution in [0.4, 0.5) is 10.1 Å². The zero-order chi connectivity index (χ0) is 25.8. The second-order valence-electron chi connectivity index (χ2n) is 8.34. The van der Waals surface area contributed by atoms with Crippen LogP contribution < -0.4 is 10.0 Å². The number of nitrogens with two attached hydrogens (primary N) is 1. The Morgan fingerprint density at radius 3 is 2.06 bits per heavy atom. The molecule has 0 aliphatic heterocycles. The van der Waals surface area contributed by atoms with Gasteiger partial charge >= 0.3 is 0 Å². The van der Waals surface area contributed by atoms with Crippen LogP contribution in [0, 0.1) is 19.7 Å². The molecule has 0 saturated carbocycles. The number of carbonyl (C=O) groups is 2. The summed E-state index contributed by atoms with van der Waals surface area (Å²) in [5, 5.41) is 0.